The van der Waals surface area contributed by atoms with Gasteiger partial charge in [0.25, 0.3) is 11.8 Å². The molecule has 3 aromatic carbocycles. The Hall–Kier alpha value is -4.20. The van der Waals surface area contributed by atoms with Crippen molar-refractivity contribution in [3.63, 3.8) is 0 Å². The molecule has 0 aromatic heterocycles. The summed E-state index contributed by atoms with van der Waals surface area (Å²) in [6.07, 6.45) is -1.18. The van der Waals surface area contributed by atoms with Crippen LogP contribution < -0.4 is 24.4 Å². The van der Waals surface area contributed by atoms with Gasteiger partial charge < -0.3 is 24.4 Å². The zero-order valence-electron chi connectivity index (χ0n) is 21.1. The average Bonchev–Trinajstić information content (AvgIpc) is 2.89. The lowest BCUT2D eigenvalue weighted by atomic mass is 10.0. The number of hydrogen-bond donors (Lipinski definition) is 1. The third kappa shape index (κ3) is 4.93. The highest BCUT2D eigenvalue weighted by Crippen LogP contribution is 2.40. The van der Waals surface area contributed by atoms with Crippen LogP contribution in [0, 0.1) is 0 Å². The van der Waals surface area contributed by atoms with E-state index in [1.165, 1.54) is 4.90 Å². The fraction of sp³-hybridized carbons (Fsp3) is 0.286. The zero-order chi connectivity index (χ0) is 25.8. The maximum atomic E-state index is 13.7. The Labute approximate surface area is 211 Å². The summed E-state index contributed by atoms with van der Waals surface area (Å²) in [5.74, 6) is 1.39. The van der Waals surface area contributed by atoms with E-state index in [0.29, 0.717) is 29.4 Å². The second-order valence-electron chi connectivity index (χ2n) is 8.60. The molecular weight excluding hydrogens is 458 g/mol. The summed E-state index contributed by atoms with van der Waals surface area (Å²) < 4.78 is 17.1. The molecule has 3 aromatic rings. The predicted molar refractivity (Wildman–Crippen MR) is 139 cm³/mol. The normalized spacial score (nSPS) is 15.4. The summed E-state index contributed by atoms with van der Waals surface area (Å²) in [5.41, 5.74) is 2.86. The number of likely N-dealkylation sites (N-methyl/N-ethyl adjacent to an activating group) is 1. The van der Waals surface area contributed by atoms with Gasteiger partial charge in [-0.3, -0.25) is 14.5 Å². The van der Waals surface area contributed by atoms with Gasteiger partial charge in [0.05, 0.1) is 19.3 Å². The van der Waals surface area contributed by atoms with Gasteiger partial charge >= 0.3 is 0 Å². The molecule has 1 aliphatic heterocycles. The minimum Gasteiger partial charge on any atom is -0.497 e. The fourth-order valence-electron chi connectivity index (χ4n) is 4.16. The van der Waals surface area contributed by atoms with Crippen LogP contribution in [0.25, 0.3) is 0 Å². The van der Waals surface area contributed by atoms with Crippen molar-refractivity contribution < 1.29 is 23.8 Å². The highest BCUT2D eigenvalue weighted by molar-refractivity contribution is 6.12. The van der Waals surface area contributed by atoms with Crippen molar-refractivity contribution in [2.24, 2.45) is 0 Å². The van der Waals surface area contributed by atoms with E-state index in [9.17, 15) is 9.59 Å². The first-order chi connectivity index (χ1) is 17.3. The predicted octanol–water partition coefficient (Wildman–Crippen LogP) is 4.72. The lowest BCUT2D eigenvalue weighted by molar-refractivity contribution is -0.135. The third-order valence-electron chi connectivity index (χ3n) is 5.95. The van der Waals surface area contributed by atoms with Crippen LogP contribution >= 0.6 is 0 Å². The van der Waals surface area contributed by atoms with Crippen LogP contribution in [-0.2, 0) is 4.79 Å². The lowest BCUT2D eigenvalue weighted by Crippen LogP contribution is -2.43. The van der Waals surface area contributed by atoms with Crippen molar-refractivity contribution >= 4 is 23.2 Å². The van der Waals surface area contributed by atoms with E-state index >= 15 is 0 Å². The fourth-order valence-corrected chi connectivity index (χ4v) is 4.16. The van der Waals surface area contributed by atoms with Crippen LogP contribution in [0.15, 0.2) is 66.7 Å². The summed E-state index contributed by atoms with van der Waals surface area (Å²) in [6, 6.07) is 20.3. The molecule has 0 aliphatic carbocycles. The molecule has 0 bridgehead atoms. The number of benzene rings is 3. The number of amides is 2. The van der Waals surface area contributed by atoms with E-state index in [1.807, 2.05) is 67.6 Å². The van der Waals surface area contributed by atoms with Crippen LogP contribution in [0.5, 0.6) is 17.2 Å². The Morgan fingerprint density at radius 1 is 1.06 bits per heavy atom. The maximum absolute atomic E-state index is 13.7. The van der Waals surface area contributed by atoms with Crippen molar-refractivity contribution in [3.05, 3.63) is 77.9 Å². The van der Waals surface area contributed by atoms with Gasteiger partial charge in [0.2, 0.25) is 0 Å². The lowest BCUT2D eigenvalue weighted by Gasteiger charge is -2.38. The number of carbonyl (C=O) groups is 2. The van der Waals surface area contributed by atoms with Gasteiger partial charge in [0.1, 0.15) is 11.9 Å². The van der Waals surface area contributed by atoms with Gasteiger partial charge in [-0.25, -0.2) is 0 Å². The molecule has 36 heavy (non-hydrogen) atoms. The minimum atomic E-state index is -0.679. The van der Waals surface area contributed by atoms with Gasteiger partial charge in [-0.05, 0) is 67.9 Å². The van der Waals surface area contributed by atoms with Gasteiger partial charge in [0.15, 0.2) is 17.6 Å². The van der Waals surface area contributed by atoms with Crippen LogP contribution in [0.2, 0.25) is 0 Å². The Balaban J connectivity index is 1.75. The first-order valence-electron chi connectivity index (χ1n) is 11.8. The van der Waals surface area contributed by atoms with Crippen molar-refractivity contribution in [3.8, 4) is 17.2 Å². The number of para-hydroxylation sites is 1. The Kier molecular flexibility index (Phi) is 7.33. The van der Waals surface area contributed by atoms with Crippen molar-refractivity contribution in [2.75, 3.05) is 38.0 Å². The molecule has 2 atom stereocenters. The van der Waals surface area contributed by atoms with Gasteiger partial charge in [-0.1, -0.05) is 18.2 Å². The molecule has 0 saturated heterocycles. The third-order valence-corrected chi connectivity index (χ3v) is 5.95. The summed E-state index contributed by atoms with van der Waals surface area (Å²) in [5, 5.41) is 3.50. The molecule has 1 heterocycles. The first-order valence-corrected chi connectivity index (χ1v) is 11.8. The highest BCUT2D eigenvalue weighted by atomic mass is 16.5. The van der Waals surface area contributed by atoms with E-state index in [4.69, 9.17) is 14.2 Å². The largest absolute Gasteiger partial charge is 0.497 e. The van der Waals surface area contributed by atoms with Crippen molar-refractivity contribution in [2.45, 2.75) is 26.1 Å². The number of nitrogens with zero attached hydrogens (tertiary/aromatic N) is 2. The van der Waals surface area contributed by atoms with E-state index < -0.39 is 12.3 Å². The van der Waals surface area contributed by atoms with Crippen molar-refractivity contribution in [1.82, 2.24) is 4.90 Å². The number of rotatable bonds is 8. The van der Waals surface area contributed by atoms with E-state index in [2.05, 4.69) is 5.32 Å². The molecule has 0 saturated carbocycles. The topological polar surface area (TPSA) is 80.3 Å². The van der Waals surface area contributed by atoms with E-state index in [1.54, 1.807) is 39.1 Å². The molecule has 0 unspecified atom stereocenters. The molecule has 1 aliphatic rings. The van der Waals surface area contributed by atoms with E-state index in [-0.39, 0.29) is 11.8 Å². The molecule has 2 amide bonds. The summed E-state index contributed by atoms with van der Waals surface area (Å²) >= 11 is 0. The van der Waals surface area contributed by atoms with Gasteiger partial charge in [0, 0.05) is 25.5 Å². The van der Waals surface area contributed by atoms with Gasteiger partial charge in [-0.15, -0.1) is 0 Å². The molecule has 0 radical (unpaired) electrons. The zero-order valence-corrected chi connectivity index (χ0v) is 21.1. The summed E-state index contributed by atoms with van der Waals surface area (Å²) in [6.45, 7) is 4.00. The second kappa shape index (κ2) is 10.6. The standard InChI is InChI=1S/C28H31N3O5/c1-6-35-25-17-19(11-16-24(25)36-18(2)27(32)30(3)4)26-29-23-10-8-7-9-22(23)28(33)31(26)20-12-14-21(34-5)15-13-20/h7-18,26,29H,6H2,1-5H3/t18-,26-/m1/s1. The molecule has 0 spiro atoms. The smallest absolute Gasteiger partial charge is 0.262 e. The van der Waals surface area contributed by atoms with Crippen LogP contribution in [0.1, 0.15) is 35.9 Å². The SMILES string of the molecule is CCOc1cc([C@@H]2Nc3ccccc3C(=O)N2c2ccc(OC)cc2)ccc1O[C@H](C)C(=O)N(C)C. The van der Waals surface area contributed by atoms with Gasteiger partial charge in [-0.2, -0.15) is 0 Å². The summed E-state index contributed by atoms with van der Waals surface area (Å²) in [4.78, 5) is 29.2. The van der Waals surface area contributed by atoms with E-state index in [0.717, 1.165) is 16.9 Å². The van der Waals surface area contributed by atoms with Crippen LogP contribution in [0.4, 0.5) is 11.4 Å². The number of carbonyl (C=O) groups excluding carboxylic acids is 2. The number of ether oxygens (including phenoxy) is 3. The van der Waals surface area contributed by atoms with Crippen LogP contribution in [-0.4, -0.2) is 50.6 Å². The maximum Gasteiger partial charge on any atom is 0.262 e. The number of nitrogens with one attached hydrogen (secondary N) is 1. The molecule has 4 rings (SSSR count). The van der Waals surface area contributed by atoms with Crippen LogP contribution in [0.3, 0.4) is 0 Å². The molecular formula is C28H31N3O5. The Morgan fingerprint density at radius 3 is 2.44 bits per heavy atom. The van der Waals surface area contributed by atoms with Crippen molar-refractivity contribution in [1.29, 1.82) is 0 Å². The average molecular weight is 490 g/mol. The monoisotopic (exact) mass is 489 g/mol. The molecule has 188 valence electrons. The number of anilines is 2. The number of hydrogen-bond acceptors (Lipinski definition) is 6. The number of fused-ring (bicyclic) bond motifs is 1. The number of methoxy groups -OCH3 is 1. The quantitative estimate of drug-likeness (QED) is 0.493. The summed E-state index contributed by atoms with van der Waals surface area (Å²) in [7, 11) is 4.98. The minimum absolute atomic E-state index is 0.122. The molecule has 8 heteroatoms. The Morgan fingerprint density at radius 2 is 1.78 bits per heavy atom. The molecule has 0 fully saturated rings. The first kappa shape index (κ1) is 24.9. The molecule has 8 nitrogen and oxygen atoms in total. The highest BCUT2D eigenvalue weighted by Gasteiger charge is 2.34. The second-order valence-corrected chi connectivity index (χ2v) is 8.60. The Bertz CT molecular complexity index is 1240. The molecule has 1 N–H and O–H groups in total.